The zero-order valence-electron chi connectivity index (χ0n) is 11.6. The van der Waals surface area contributed by atoms with Crippen LogP contribution in [0.15, 0.2) is 0 Å². The highest BCUT2D eigenvalue weighted by Crippen LogP contribution is 2.38. The standard InChI is InChI=1S/C12H25O5P/c1-8(2)16-12-11(14)10(13)7-9(17-12)5-6-18(3,4)15/h8-14H,5-7H2,1-4H3/t9-,10-,11-,12-/m1/s1. The number of aliphatic hydroxyl groups is 2. The molecular formula is C12H25O5P. The smallest absolute Gasteiger partial charge is 0.186 e. The number of ether oxygens (including phenoxy) is 2. The fraction of sp³-hybridized carbons (Fsp3) is 1.00. The van der Waals surface area contributed by atoms with E-state index in [0.29, 0.717) is 19.0 Å². The highest BCUT2D eigenvalue weighted by Gasteiger charge is 2.37. The Morgan fingerprint density at radius 1 is 1.39 bits per heavy atom. The van der Waals surface area contributed by atoms with Gasteiger partial charge in [-0.1, -0.05) is 0 Å². The summed E-state index contributed by atoms with van der Waals surface area (Å²) in [5.74, 6) is 0. The van der Waals surface area contributed by atoms with E-state index in [0.717, 1.165) is 0 Å². The average Bonchev–Trinajstić information content (AvgIpc) is 2.20. The minimum atomic E-state index is -2.08. The molecular weight excluding hydrogens is 255 g/mol. The van der Waals surface area contributed by atoms with Crippen LogP contribution in [0.5, 0.6) is 0 Å². The second kappa shape index (κ2) is 6.49. The molecule has 0 aromatic heterocycles. The second-order valence-electron chi connectivity index (χ2n) is 5.69. The summed E-state index contributed by atoms with van der Waals surface area (Å²) in [4.78, 5) is 0. The van der Waals surface area contributed by atoms with Gasteiger partial charge >= 0.3 is 0 Å². The molecule has 2 N–H and O–H groups in total. The van der Waals surface area contributed by atoms with Crippen LogP contribution in [0.25, 0.3) is 0 Å². The van der Waals surface area contributed by atoms with Crippen molar-refractivity contribution in [1.82, 2.24) is 0 Å². The number of hydrogen-bond acceptors (Lipinski definition) is 5. The molecule has 1 saturated heterocycles. The van der Waals surface area contributed by atoms with Crippen LogP contribution in [0, 0.1) is 0 Å². The molecule has 0 spiro atoms. The summed E-state index contributed by atoms with van der Waals surface area (Å²) < 4.78 is 22.7. The third-order valence-electron chi connectivity index (χ3n) is 2.90. The lowest BCUT2D eigenvalue weighted by molar-refractivity contribution is -0.276. The van der Waals surface area contributed by atoms with Crippen LogP contribution in [0.4, 0.5) is 0 Å². The molecule has 0 radical (unpaired) electrons. The largest absolute Gasteiger partial charge is 0.390 e. The van der Waals surface area contributed by atoms with Crippen LogP contribution in [0.1, 0.15) is 26.7 Å². The number of aliphatic hydroxyl groups excluding tert-OH is 2. The number of hydrogen-bond donors (Lipinski definition) is 2. The first-order valence-electron chi connectivity index (χ1n) is 6.40. The van der Waals surface area contributed by atoms with Crippen molar-refractivity contribution < 1.29 is 24.3 Å². The third kappa shape index (κ3) is 5.37. The van der Waals surface area contributed by atoms with E-state index < -0.39 is 25.6 Å². The lowest BCUT2D eigenvalue weighted by Gasteiger charge is -2.37. The summed E-state index contributed by atoms with van der Waals surface area (Å²) in [5, 5.41) is 19.6. The van der Waals surface area contributed by atoms with Crippen LogP contribution < -0.4 is 0 Å². The molecule has 6 heteroatoms. The van der Waals surface area contributed by atoms with E-state index in [1.165, 1.54) is 0 Å². The molecule has 0 unspecified atom stereocenters. The maximum atomic E-state index is 11.7. The minimum absolute atomic E-state index is 0.0842. The molecule has 0 aromatic carbocycles. The van der Waals surface area contributed by atoms with Crippen molar-refractivity contribution in [2.24, 2.45) is 0 Å². The Morgan fingerprint density at radius 3 is 2.50 bits per heavy atom. The molecule has 1 aliphatic heterocycles. The van der Waals surface area contributed by atoms with Crippen molar-refractivity contribution >= 4 is 7.14 Å². The Morgan fingerprint density at radius 2 is 2.00 bits per heavy atom. The van der Waals surface area contributed by atoms with Gasteiger partial charge in [0.05, 0.1) is 25.5 Å². The lowest BCUT2D eigenvalue weighted by Crippen LogP contribution is -2.50. The molecule has 108 valence electrons. The Kier molecular flexibility index (Phi) is 5.81. The summed E-state index contributed by atoms with van der Waals surface area (Å²) in [5.41, 5.74) is 0. The summed E-state index contributed by atoms with van der Waals surface area (Å²) in [7, 11) is -2.08. The molecule has 1 heterocycles. The molecule has 5 nitrogen and oxygen atoms in total. The van der Waals surface area contributed by atoms with Gasteiger partial charge in [-0.25, -0.2) is 0 Å². The molecule has 0 saturated carbocycles. The predicted molar refractivity (Wildman–Crippen MR) is 70.5 cm³/mol. The summed E-state index contributed by atoms with van der Waals surface area (Å²) in [6.45, 7) is 7.17. The molecule has 1 aliphatic rings. The van der Waals surface area contributed by atoms with E-state index in [2.05, 4.69) is 0 Å². The summed E-state index contributed by atoms with van der Waals surface area (Å²) in [6.07, 6.45) is -1.40. The van der Waals surface area contributed by atoms with Gasteiger partial charge in [0.1, 0.15) is 6.10 Å². The Balaban J connectivity index is 2.53. The zero-order valence-corrected chi connectivity index (χ0v) is 12.5. The molecule has 0 amide bonds. The van der Waals surface area contributed by atoms with Gasteiger partial charge in [0.2, 0.25) is 0 Å². The van der Waals surface area contributed by atoms with Gasteiger partial charge in [0.15, 0.2) is 6.29 Å². The molecule has 0 aromatic rings. The van der Waals surface area contributed by atoms with Crippen LogP contribution in [0.2, 0.25) is 0 Å². The molecule has 0 aliphatic carbocycles. The van der Waals surface area contributed by atoms with Crippen molar-refractivity contribution in [3.05, 3.63) is 0 Å². The van der Waals surface area contributed by atoms with Crippen LogP contribution in [-0.2, 0) is 14.0 Å². The summed E-state index contributed by atoms with van der Waals surface area (Å²) >= 11 is 0. The normalized spacial score (nSPS) is 33.9. The van der Waals surface area contributed by atoms with Gasteiger partial charge in [-0.05, 0) is 33.6 Å². The van der Waals surface area contributed by atoms with Crippen LogP contribution >= 0.6 is 7.14 Å². The monoisotopic (exact) mass is 280 g/mol. The summed E-state index contributed by atoms with van der Waals surface area (Å²) in [6, 6.07) is 0. The van der Waals surface area contributed by atoms with Crippen LogP contribution in [0.3, 0.4) is 0 Å². The molecule has 0 bridgehead atoms. The van der Waals surface area contributed by atoms with Gasteiger partial charge in [-0.2, -0.15) is 0 Å². The SMILES string of the molecule is CC(C)O[C@@H]1O[C@H](CCP(C)(C)=O)C[C@@H](O)[C@H]1O. The zero-order chi connectivity index (χ0) is 13.9. The Bertz CT molecular complexity index is 301. The van der Waals surface area contributed by atoms with E-state index in [1.807, 2.05) is 13.8 Å². The Hall–Kier alpha value is 0.0700. The first-order chi connectivity index (χ1) is 8.19. The highest BCUT2D eigenvalue weighted by atomic mass is 31.2. The fourth-order valence-electron chi connectivity index (χ4n) is 1.94. The molecule has 1 fully saturated rings. The van der Waals surface area contributed by atoms with Gasteiger partial charge in [0.25, 0.3) is 0 Å². The maximum absolute atomic E-state index is 11.7. The van der Waals surface area contributed by atoms with Crippen LogP contribution in [-0.4, -0.2) is 60.4 Å². The van der Waals surface area contributed by atoms with Crippen molar-refractivity contribution in [2.75, 3.05) is 19.5 Å². The van der Waals surface area contributed by atoms with Crippen molar-refractivity contribution in [3.8, 4) is 0 Å². The van der Waals surface area contributed by atoms with E-state index in [9.17, 15) is 14.8 Å². The van der Waals surface area contributed by atoms with E-state index >= 15 is 0 Å². The van der Waals surface area contributed by atoms with Gasteiger partial charge in [-0.3, -0.25) is 0 Å². The van der Waals surface area contributed by atoms with Gasteiger partial charge in [0, 0.05) is 12.6 Å². The van der Waals surface area contributed by atoms with Crippen molar-refractivity contribution in [3.63, 3.8) is 0 Å². The first-order valence-corrected chi connectivity index (χ1v) is 9.19. The average molecular weight is 280 g/mol. The topological polar surface area (TPSA) is 76.0 Å². The van der Waals surface area contributed by atoms with E-state index in [4.69, 9.17) is 9.47 Å². The first kappa shape index (κ1) is 16.1. The van der Waals surface area contributed by atoms with Crippen molar-refractivity contribution in [1.29, 1.82) is 0 Å². The maximum Gasteiger partial charge on any atom is 0.186 e. The lowest BCUT2D eigenvalue weighted by atomic mass is 10.0. The minimum Gasteiger partial charge on any atom is -0.390 e. The number of rotatable bonds is 5. The highest BCUT2D eigenvalue weighted by molar-refractivity contribution is 7.62. The molecule has 1 rings (SSSR count). The van der Waals surface area contributed by atoms with E-state index in [-0.39, 0.29) is 12.2 Å². The predicted octanol–water partition coefficient (Wildman–Crippen LogP) is 1.26. The van der Waals surface area contributed by atoms with Crippen molar-refractivity contribution in [2.45, 2.75) is 57.4 Å². The quantitative estimate of drug-likeness (QED) is 0.741. The fourth-order valence-corrected chi connectivity index (χ4v) is 2.85. The van der Waals surface area contributed by atoms with Gasteiger partial charge < -0.3 is 24.3 Å². The molecule has 18 heavy (non-hydrogen) atoms. The van der Waals surface area contributed by atoms with E-state index in [1.54, 1.807) is 13.3 Å². The second-order valence-corrected chi connectivity index (χ2v) is 9.29. The van der Waals surface area contributed by atoms with Gasteiger partial charge in [-0.15, -0.1) is 0 Å². The third-order valence-corrected chi connectivity index (χ3v) is 4.24. The Labute approximate surface area is 109 Å². The molecule has 4 atom stereocenters.